The van der Waals surface area contributed by atoms with Crippen LogP contribution < -0.4 is 0 Å². The average Bonchev–Trinajstić information content (AvgIpc) is 3.04. The summed E-state index contributed by atoms with van der Waals surface area (Å²) in [5.41, 5.74) is 3.95. The van der Waals surface area contributed by atoms with Crippen LogP contribution in [0.2, 0.25) is 0 Å². The molecule has 0 fully saturated rings. The molecule has 0 radical (unpaired) electrons. The van der Waals surface area contributed by atoms with Crippen LogP contribution in [0.4, 0.5) is 0 Å². The number of hydrogen-bond acceptors (Lipinski definition) is 4. The van der Waals surface area contributed by atoms with Gasteiger partial charge in [0, 0.05) is 7.05 Å². The fraction of sp³-hybridized carbons (Fsp3) is 0.500. The van der Waals surface area contributed by atoms with E-state index in [1.165, 1.54) is 4.88 Å². The number of imidazole rings is 1. The van der Waals surface area contributed by atoms with Crippen molar-refractivity contribution < 1.29 is 0 Å². The summed E-state index contributed by atoms with van der Waals surface area (Å²) in [6.07, 6.45) is 0. The van der Waals surface area contributed by atoms with Crippen LogP contribution in [0.1, 0.15) is 40.1 Å². The third kappa shape index (κ3) is 2.17. The first-order valence-corrected chi connectivity index (χ1v) is 8.19. The normalized spacial score (nSPS) is 13.2. The number of aromatic nitrogens is 5. The molecule has 3 heterocycles. The first kappa shape index (κ1) is 14.5. The molecule has 0 N–H and O–H groups in total. The van der Waals surface area contributed by atoms with E-state index in [0.717, 1.165) is 33.4 Å². The zero-order chi connectivity index (χ0) is 15.3. The van der Waals surface area contributed by atoms with Gasteiger partial charge in [-0.2, -0.15) is 5.10 Å². The third-order valence-electron chi connectivity index (χ3n) is 3.73. The van der Waals surface area contributed by atoms with Gasteiger partial charge in [-0.15, -0.1) is 22.9 Å². The number of nitrogens with zero attached hydrogens (tertiary/aromatic N) is 5. The van der Waals surface area contributed by atoms with Gasteiger partial charge in [-0.05, 0) is 27.7 Å². The fourth-order valence-electron chi connectivity index (χ4n) is 2.89. The topological polar surface area (TPSA) is 48.5 Å². The smallest absolute Gasteiger partial charge is 0.159 e. The summed E-state index contributed by atoms with van der Waals surface area (Å²) in [5.74, 6) is 1.26. The molecule has 0 aromatic carbocycles. The summed E-state index contributed by atoms with van der Waals surface area (Å²) in [6.45, 7) is 8.23. The zero-order valence-electron chi connectivity index (χ0n) is 12.8. The summed E-state index contributed by atoms with van der Waals surface area (Å²) in [5, 5.41) is 5.55. The van der Waals surface area contributed by atoms with E-state index in [9.17, 15) is 0 Å². The second kappa shape index (κ2) is 5.10. The zero-order valence-corrected chi connectivity index (χ0v) is 14.4. The van der Waals surface area contributed by atoms with E-state index >= 15 is 0 Å². The molecule has 0 amide bonds. The number of alkyl halides is 1. The van der Waals surface area contributed by atoms with Gasteiger partial charge in [0.05, 0.1) is 33.2 Å². The second-order valence-electron chi connectivity index (χ2n) is 5.27. The Morgan fingerprint density at radius 1 is 1.19 bits per heavy atom. The molecule has 0 aliphatic rings. The Morgan fingerprint density at radius 2 is 1.90 bits per heavy atom. The minimum Gasteiger partial charge on any atom is -0.304 e. The molecule has 1 unspecified atom stereocenters. The van der Waals surface area contributed by atoms with Crippen molar-refractivity contribution in [2.75, 3.05) is 0 Å². The van der Waals surface area contributed by atoms with Gasteiger partial charge in [0.2, 0.25) is 0 Å². The minimum atomic E-state index is 0.143. The Labute approximate surface area is 132 Å². The van der Waals surface area contributed by atoms with E-state index in [1.807, 2.05) is 25.6 Å². The number of halogens is 1. The maximum Gasteiger partial charge on any atom is 0.159 e. The van der Waals surface area contributed by atoms with Crippen LogP contribution in [-0.4, -0.2) is 24.3 Å². The Morgan fingerprint density at radius 3 is 2.48 bits per heavy atom. The summed E-state index contributed by atoms with van der Waals surface area (Å²) < 4.78 is 4.07. The van der Waals surface area contributed by atoms with Crippen molar-refractivity contribution in [1.82, 2.24) is 24.3 Å². The van der Waals surface area contributed by atoms with Gasteiger partial charge in [0.15, 0.2) is 5.65 Å². The van der Waals surface area contributed by atoms with Crippen LogP contribution >= 0.6 is 22.9 Å². The summed E-state index contributed by atoms with van der Waals surface area (Å²) >= 11 is 7.85. The monoisotopic (exact) mass is 323 g/mol. The van der Waals surface area contributed by atoms with Crippen molar-refractivity contribution in [2.24, 2.45) is 7.05 Å². The molecule has 0 aliphatic heterocycles. The molecule has 3 aromatic heterocycles. The lowest BCUT2D eigenvalue weighted by Crippen LogP contribution is -2.12. The molecular weight excluding hydrogens is 306 g/mol. The van der Waals surface area contributed by atoms with Crippen molar-refractivity contribution in [2.45, 2.75) is 39.6 Å². The van der Waals surface area contributed by atoms with Crippen molar-refractivity contribution in [1.29, 1.82) is 0 Å². The molecule has 0 saturated heterocycles. The Balaban J connectivity index is 2.25. The van der Waals surface area contributed by atoms with Gasteiger partial charge < -0.3 is 4.57 Å². The van der Waals surface area contributed by atoms with Gasteiger partial charge in [-0.25, -0.2) is 9.97 Å². The van der Waals surface area contributed by atoms with E-state index < -0.39 is 0 Å². The van der Waals surface area contributed by atoms with Gasteiger partial charge >= 0.3 is 0 Å². The summed E-state index contributed by atoms with van der Waals surface area (Å²) in [7, 11) is 1.95. The minimum absolute atomic E-state index is 0.143. The fourth-order valence-corrected chi connectivity index (χ4v) is 4.05. The van der Waals surface area contributed by atoms with Crippen LogP contribution in [0.15, 0.2) is 0 Å². The number of hydrogen-bond donors (Lipinski definition) is 0. The molecule has 3 rings (SSSR count). The summed E-state index contributed by atoms with van der Waals surface area (Å²) in [4.78, 5) is 10.4. The van der Waals surface area contributed by atoms with Gasteiger partial charge in [-0.3, -0.25) is 4.68 Å². The predicted octanol–water partition coefficient (Wildman–Crippen LogP) is 3.50. The quantitative estimate of drug-likeness (QED) is 0.693. The van der Waals surface area contributed by atoms with Crippen LogP contribution in [0, 0.1) is 20.8 Å². The highest BCUT2D eigenvalue weighted by Gasteiger charge is 2.23. The molecule has 0 bridgehead atoms. The lowest BCUT2D eigenvalue weighted by atomic mass is 10.2. The highest BCUT2D eigenvalue weighted by molar-refractivity contribution is 7.11. The van der Waals surface area contributed by atoms with Crippen LogP contribution in [0.5, 0.6) is 0 Å². The standard InChI is InChI=1S/C14H18ClN5S/c1-7-12-14(19(5)18-7)20(11(6-15)17-12)9(3)13-8(2)16-10(4)21-13/h9H,6H2,1-5H3. The summed E-state index contributed by atoms with van der Waals surface area (Å²) in [6, 6.07) is 0.143. The average molecular weight is 324 g/mol. The van der Waals surface area contributed by atoms with Gasteiger partial charge in [-0.1, -0.05) is 0 Å². The van der Waals surface area contributed by atoms with E-state index in [0.29, 0.717) is 5.88 Å². The van der Waals surface area contributed by atoms with Crippen LogP contribution in [-0.2, 0) is 12.9 Å². The number of fused-ring (bicyclic) bond motifs is 1. The van der Waals surface area contributed by atoms with Crippen LogP contribution in [0.25, 0.3) is 11.2 Å². The number of thiazole rings is 1. The molecule has 5 nitrogen and oxygen atoms in total. The van der Waals surface area contributed by atoms with Gasteiger partial charge in [0.1, 0.15) is 11.3 Å². The maximum absolute atomic E-state index is 6.12. The first-order chi connectivity index (χ1) is 9.93. The molecular formula is C14H18ClN5S. The van der Waals surface area contributed by atoms with Crippen molar-refractivity contribution in [3.05, 3.63) is 27.1 Å². The first-order valence-electron chi connectivity index (χ1n) is 6.84. The molecule has 3 aromatic rings. The lowest BCUT2D eigenvalue weighted by Gasteiger charge is -2.16. The third-order valence-corrected chi connectivity index (χ3v) is 5.22. The van der Waals surface area contributed by atoms with Crippen molar-refractivity contribution >= 4 is 34.1 Å². The number of aryl methyl sites for hydroxylation is 4. The van der Waals surface area contributed by atoms with E-state index in [4.69, 9.17) is 11.6 Å². The molecule has 0 spiro atoms. The Kier molecular flexibility index (Phi) is 3.53. The van der Waals surface area contributed by atoms with Crippen LogP contribution in [0.3, 0.4) is 0 Å². The highest BCUT2D eigenvalue weighted by atomic mass is 35.5. The molecule has 0 aliphatic carbocycles. The number of rotatable bonds is 3. The molecule has 21 heavy (non-hydrogen) atoms. The maximum atomic E-state index is 6.12. The Bertz CT molecular complexity index is 813. The van der Waals surface area contributed by atoms with Crippen molar-refractivity contribution in [3.8, 4) is 0 Å². The highest BCUT2D eigenvalue weighted by Crippen LogP contribution is 2.32. The second-order valence-corrected chi connectivity index (χ2v) is 6.77. The predicted molar refractivity (Wildman–Crippen MR) is 86.2 cm³/mol. The van der Waals surface area contributed by atoms with E-state index in [2.05, 4.69) is 33.5 Å². The van der Waals surface area contributed by atoms with E-state index in [1.54, 1.807) is 11.3 Å². The Hall–Kier alpha value is -1.40. The molecule has 1 atom stereocenters. The molecule has 112 valence electrons. The van der Waals surface area contributed by atoms with E-state index in [-0.39, 0.29) is 6.04 Å². The SMILES string of the molecule is Cc1nc(C)c(C(C)n2c(CCl)nc3c(C)nn(C)c32)s1. The largest absolute Gasteiger partial charge is 0.304 e. The van der Waals surface area contributed by atoms with Crippen molar-refractivity contribution in [3.63, 3.8) is 0 Å². The lowest BCUT2D eigenvalue weighted by molar-refractivity contribution is 0.612. The molecule has 0 saturated carbocycles. The van der Waals surface area contributed by atoms with Gasteiger partial charge in [0.25, 0.3) is 0 Å². The molecule has 7 heteroatoms.